The molecule has 10 aromatic carbocycles. The molecule has 0 atom stereocenters. The summed E-state index contributed by atoms with van der Waals surface area (Å²) in [7, 11) is 0. The van der Waals surface area contributed by atoms with Crippen LogP contribution in [0.3, 0.4) is 0 Å². The number of furan rings is 2. The van der Waals surface area contributed by atoms with Crippen molar-refractivity contribution in [2.75, 3.05) is 4.90 Å². The van der Waals surface area contributed by atoms with Crippen LogP contribution in [-0.2, 0) is 0 Å². The molecule has 0 amide bonds. The van der Waals surface area contributed by atoms with E-state index in [-0.39, 0.29) is 0 Å². The zero-order chi connectivity index (χ0) is 40.7. The van der Waals surface area contributed by atoms with Gasteiger partial charge in [0.25, 0.3) is 0 Å². The van der Waals surface area contributed by atoms with E-state index in [1.54, 1.807) is 0 Å². The molecule has 0 N–H and O–H groups in total. The van der Waals surface area contributed by atoms with Gasteiger partial charge in [-0.1, -0.05) is 152 Å². The highest BCUT2D eigenvalue weighted by atomic mass is 16.3. The molecule has 0 saturated carbocycles. The van der Waals surface area contributed by atoms with Crippen LogP contribution in [0.1, 0.15) is 0 Å². The lowest BCUT2D eigenvalue weighted by molar-refractivity contribution is 0.645. The summed E-state index contributed by atoms with van der Waals surface area (Å²) < 4.78 is 15.5. The van der Waals surface area contributed by atoms with Gasteiger partial charge in [-0.05, 0) is 111 Å². The van der Waals surface area contributed by atoms with E-state index in [9.17, 15) is 0 Å². The first-order valence-corrected chi connectivity index (χ1v) is 21.1. The highest BCUT2D eigenvalue weighted by molar-refractivity contribution is 6.20. The molecule has 3 heterocycles. The van der Waals surface area contributed by atoms with Gasteiger partial charge in [-0.25, -0.2) is 0 Å². The lowest BCUT2D eigenvalue weighted by Crippen LogP contribution is -2.10. The monoisotopic (exact) mass is 792 g/mol. The highest BCUT2D eigenvalue weighted by Crippen LogP contribution is 2.45. The summed E-state index contributed by atoms with van der Waals surface area (Å²) in [5.74, 6) is 0. The number of hydrogen-bond acceptors (Lipinski definition) is 3. The fourth-order valence-electron chi connectivity index (χ4n) is 9.72. The summed E-state index contributed by atoms with van der Waals surface area (Å²) in [5, 5.41) is 10.6. The number of aromatic nitrogens is 1. The van der Waals surface area contributed by atoms with Crippen LogP contribution in [0.15, 0.2) is 227 Å². The fourth-order valence-corrected chi connectivity index (χ4v) is 9.72. The molecule has 3 aromatic heterocycles. The molecule has 0 unspecified atom stereocenters. The Kier molecular flexibility index (Phi) is 7.57. The largest absolute Gasteiger partial charge is 0.454 e. The molecule has 0 radical (unpaired) electrons. The second kappa shape index (κ2) is 13.6. The van der Waals surface area contributed by atoms with Gasteiger partial charge >= 0.3 is 0 Å². The van der Waals surface area contributed by atoms with E-state index >= 15 is 0 Å². The average Bonchev–Trinajstić information content (AvgIpc) is 4.01. The van der Waals surface area contributed by atoms with E-state index in [2.05, 4.69) is 204 Å². The van der Waals surface area contributed by atoms with Crippen LogP contribution in [0.4, 0.5) is 17.1 Å². The minimum Gasteiger partial charge on any atom is -0.454 e. The maximum atomic E-state index is 6.66. The van der Waals surface area contributed by atoms with Gasteiger partial charge in [0.1, 0.15) is 11.2 Å². The van der Waals surface area contributed by atoms with Crippen molar-refractivity contribution in [3.8, 4) is 27.9 Å². The van der Waals surface area contributed by atoms with E-state index < -0.39 is 0 Å². The first-order chi connectivity index (χ1) is 30.7. The summed E-state index contributed by atoms with van der Waals surface area (Å²) >= 11 is 0. The van der Waals surface area contributed by atoms with E-state index in [0.717, 1.165) is 83.4 Å². The van der Waals surface area contributed by atoms with E-state index in [1.165, 1.54) is 38.1 Å². The molecular weight excluding hydrogens is 757 g/mol. The van der Waals surface area contributed by atoms with Crippen LogP contribution in [0, 0.1) is 0 Å². The topological polar surface area (TPSA) is 34.5 Å². The molecule has 0 aliphatic carbocycles. The van der Waals surface area contributed by atoms with Crippen LogP contribution in [0.25, 0.3) is 104 Å². The molecule has 4 heteroatoms. The van der Waals surface area contributed by atoms with Crippen molar-refractivity contribution < 1.29 is 8.83 Å². The Morgan fingerprint density at radius 2 is 0.968 bits per heavy atom. The van der Waals surface area contributed by atoms with E-state index in [1.807, 2.05) is 24.3 Å². The Morgan fingerprint density at radius 3 is 1.74 bits per heavy atom. The number of fused-ring (bicyclic) bond motifs is 11. The smallest absolute Gasteiger partial charge is 0.213 e. The third-order valence-corrected chi connectivity index (χ3v) is 12.6. The SMILES string of the molecule is c1ccc(-n2c3cc(-c4ccc(N(c5ccc(-c6cc7ccccc7c7ccccc67)cc5)c5cccc6c5oc5ccccc56)cc4)ccc3c3c4ccccc4oc32)cc1. The molecule has 0 saturated heterocycles. The quantitative estimate of drug-likeness (QED) is 0.157. The van der Waals surface area contributed by atoms with Crippen molar-refractivity contribution in [3.05, 3.63) is 218 Å². The zero-order valence-corrected chi connectivity index (χ0v) is 33.5. The molecule has 0 bridgehead atoms. The Labute approximate surface area is 356 Å². The molecule has 0 aliphatic heterocycles. The molecule has 4 nitrogen and oxygen atoms in total. The minimum absolute atomic E-state index is 0.853. The second-order valence-electron chi connectivity index (χ2n) is 16.1. The Bertz CT molecular complexity index is 3850. The van der Waals surface area contributed by atoms with Gasteiger partial charge in [-0.2, -0.15) is 0 Å². The summed E-state index contributed by atoms with van der Waals surface area (Å²) in [6.45, 7) is 0. The van der Waals surface area contributed by atoms with Gasteiger partial charge in [0.05, 0.1) is 16.6 Å². The Balaban J connectivity index is 0.951. The van der Waals surface area contributed by atoms with E-state index in [0.29, 0.717) is 0 Å². The lowest BCUT2D eigenvalue weighted by atomic mass is 9.93. The molecule has 13 rings (SSSR count). The maximum absolute atomic E-state index is 6.66. The first kappa shape index (κ1) is 34.5. The van der Waals surface area contributed by atoms with Gasteiger partial charge in [-0.3, -0.25) is 4.57 Å². The summed E-state index contributed by atoms with van der Waals surface area (Å²) in [6, 6.07) is 77.9. The van der Waals surface area contributed by atoms with Crippen LogP contribution in [0.2, 0.25) is 0 Å². The molecule has 62 heavy (non-hydrogen) atoms. The molecule has 0 aliphatic rings. The third-order valence-electron chi connectivity index (χ3n) is 12.6. The first-order valence-electron chi connectivity index (χ1n) is 21.1. The van der Waals surface area contributed by atoms with Gasteiger partial charge in [0, 0.05) is 38.6 Å². The predicted molar refractivity (Wildman–Crippen MR) is 258 cm³/mol. The number of anilines is 3. The average molecular weight is 793 g/mol. The molecular formula is C58H36N2O2. The predicted octanol–water partition coefficient (Wildman–Crippen LogP) is 16.5. The zero-order valence-electron chi connectivity index (χ0n) is 33.5. The van der Waals surface area contributed by atoms with Crippen LogP contribution in [-0.4, -0.2) is 4.57 Å². The number of benzene rings is 10. The normalized spacial score (nSPS) is 11.9. The number of rotatable bonds is 6. The summed E-state index contributed by atoms with van der Waals surface area (Å²) in [5.41, 5.74) is 13.3. The van der Waals surface area contributed by atoms with Crippen LogP contribution >= 0.6 is 0 Å². The van der Waals surface area contributed by atoms with Gasteiger partial charge in [0.2, 0.25) is 5.71 Å². The standard InChI is InChI=1S/C58H36N2O2/c1-2-14-41(15-3-1)60-53-36-39(29-34-49(53)56-50-20-9-11-24-55(50)62-58(56)60)37-25-30-42(31-26-37)59(52-22-12-21-48-47-19-8-10-23-54(47)61-57(48)52)43-32-27-38(28-33-43)51-35-40-13-4-5-16-44(40)45-17-6-7-18-46(45)51/h1-36H. The van der Waals surface area contributed by atoms with Crippen molar-refractivity contribution in [3.63, 3.8) is 0 Å². The fraction of sp³-hybridized carbons (Fsp3) is 0. The second-order valence-corrected chi connectivity index (χ2v) is 16.1. The highest BCUT2D eigenvalue weighted by Gasteiger charge is 2.22. The lowest BCUT2D eigenvalue weighted by Gasteiger charge is -2.26. The van der Waals surface area contributed by atoms with E-state index in [4.69, 9.17) is 8.83 Å². The number of nitrogens with zero attached hydrogens (tertiary/aromatic N) is 2. The maximum Gasteiger partial charge on any atom is 0.213 e. The van der Waals surface area contributed by atoms with Crippen molar-refractivity contribution >= 4 is 93.5 Å². The van der Waals surface area contributed by atoms with Crippen LogP contribution < -0.4 is 4.90 Å². The minimum atomic E-state index is 0.853. The van der Waals surface area contributed by atoms with Crippen molar-refractivity contribution in [2.24, 2.45) is 0 Å². The Hall–Kier alpha value is -8.34. The van der Waals surface area contributed by atoms with Crippen molar-refractivity contribution in [1.29, 1.82) is 0 Å². The molecule has 0 fully saturated rings. The van der Waals surface area contributed by atoms with Gasteiger partial charge in [0.15, 0.2) is 5.58 Å². The van der Waals surface area contributed by atoms with Gasteiger partial charge in [-0.15, -0.1) is 0 Å². The number of hydrogen-bond donors (Lipinski definition) is 0. The Morgan fingerprint density at radius 1 is 0.371 bits per heavy atom. The summed E-state index contributed by atoms with van der Waals surface area (Å²) in [4.78, 5) is 2.32. The van der Waals surface area contributed by atoms with Crippen molar-refractivity contribution in [1.82, 2.24) is 4.57 Å². The van der Waals surface area contributed by atoms with Crippen LogP contribution in [0.5, 0.6) is 0 Å². The van der Waals surface area contributed by atoms with Crippen molar-refractivity contribution in [2.45, 2.75) is 0 Å². The third kappa shape index (κ3) is 5.27. The van der Waals surface area contributed by atoms with Gasteiger partial charge < -0.3 is 13.7 Å². The summed E-state index contributed by atoms with van der Waals surface area (Å²) in [6.07, 6.45) is 0. The molecule has 13 aromatic rings. The molecule has 290 valence electrons. The molecule has 0 spiro atoms. The number of para-hydroxylation sites is 4.